The van der Waals surface area contributed by atoms with Gasteiger partial charge in [-0.05, 0) is 25.2 Å². The van der Waals surface area contributed by atoms with Crippen LogP contribution in [0.3, 0.4) is 0 Å². The quantitative estimate of drug-likeness (QED) is 0.704. The molecule has 0 aromatic rings. The highest BCUT2D eigenvalue weighted by Gasteiger charge is 2.38. The Bertz CT molecular complexity index is 231. The van der Waals surface area contributed by atoms with Gasteiger partial charge in [-0.25, -0.2) is 0 Å². The predicted molar refractivity (Wildman–Crippen MR) is 71.1 cm³/mol. The largest absolute Gasteiger partial charge is 0.481 e. The van der Waals surface area contributed by atoms with E-state index in [-0.39, 0.29) is 0 Å². The van der Waals surface area contributed by atoms with Gasteiger partial charge in [-0.2, -0.15) is 0 Å². The van der Waals surface area contributed by atoms with Crippen molar-refractivity contribution in [2.45, 2.75) is 78.1 Å². The predicted octanol–water partition coefficient (Wildman–Crippen LogP) is 4.63. The van der Waals surface area contributed by atoms with Crippen LogP contribution >= 0.6 is 0 Å². The van der Waals surface area contributed by atoms with Crippen molar-refractivity contribution in [3.8, 4) is 0 Å². The van der Waals surface area contributed by atoms with Gasteiger partial charge in [0, 0.05) is 0 Å². The first kappa shape index (κ1) is 14.5. The van der Waals surface area contributed by atoms with Crippen LogP contribution in [0.25, 0.3) is 0 Å². The number of hydrogen-bond donors (Lipinski definition) is 1. The normalized spacial score (nSPS) is 21.1. The zero-order valence-electron chi connectivity index (χ0n) is 11.5. The van der Waals surface area contributed by atoms with Crippen LogP contribution in [0, 0.1) is 11.3 Å². The minimum atomic E-state index is -0.556. The summed E-state index contributed by atoms with van der Waals surface area (Å²) in [6.07, 6.45) is 11.2. The standard InChI is InChI=1S/C15H28O2/c1-3-5-11-15(4-2,14(16)17)12-13-9-7-6-8-10-13/h13H,3-12H2,1-2H3,(H,16,17). The maximum atomic E-state index is 11.6. The first-order valence-electron chi connectivity index (χ1n) is 7.38. The molecule has 1 aliphatic rings. The Morgan fingerprint density at radius 2 is 1.88 bits per heavy atom. The van der Waals surface area contributed by atoms with Crippen molar-refractivity contribution in [3.63, 3.8) is 0 Å². The van der Waals surface area contributed by atoms with Crippen molar-refractivity contribution in [1.29, 1.82) is 0 Å². The summed E-state index contributed by atoms with van der Waals surface area (Å²) in [6.45, 7) is 4.19. The van der Waals surface area contributed by atoms with Crippen molar-refractivity contribution in [3.05, 3.63) is 0 Å². The molecule has 0 radical (unpaired) electrons. The van der Waals surface area contributed by atoms with Crippen LogP contribution in [0.15, 0.2) is 0 Å². The van der Waals surface area contributed by atoms with Gasteiger partial charge >= 0.3 is 5.97 Å². The summed E-state index contributed by atoms with van der Waals surface area (Å²) in [4.78, 5) is 11.6. The van der Waals surface area contributed by atoms with E-state index in [1.807, 2.05) is 6.92 Å². The summed E-state index contributed by atoms with van der Waals surface area (Å²) in [7, 11) is 0. The maximum absolute atomic E-state index is 11.6. The van der Waals surface area contributed by atoms with E-state index in [9.17, 15) is 9.90 Å². The summed E-state index contributed by atoms with van der Waals surface area (Å²) < 4.78 is 0. The molecule has 1 fully saturated rings. The van der Waals surface area contributed by atoms with Crippen molar-refractivity contribution in [1.82, 2.24) is 0 Å². The minimum Gasteiger partial charge on any atom is -0.481 e. The highest BCUT2D eigenvalue weighted by molar-refractivity contribution is 5.74. The number of rotatable bonds is 7. The van der Waals surface area contributed by atoms with Crippen LogP contribution in [0.2, 0.25) is 0 Å². The van der Waals surface area contributed by atoms with Crippen LogP contribution in [0.5, 0.6) is 0 Å². The third kappa shape index (κ3) is 4.01. The van der Waals surface area contributed by atoms with Crippen LogP contribution in [-0.4, -0.2) is 11.1 Å². The maximum Gasteiger partial charge on any atom is 0.309 e. The third-order valence-electron chi connectivity index (χ3n) is 4.54. The topological polar surface area (TPSA) is 37.3 Å². The van der Waals surface area contributed by atoms with Crippen LogP contribution < -0.4 is 0 Å². The average Bonchev–Trinajstić information content (AvgIpc) is 2.35. The molecule has 0 amide bonds. The van der Waals surface area contributed by atoms with Crippen molar-refractivity contribution in [2.24, 2.45) is 11.3 Å². The van der Waals surface area contributed by atoms with E-state index in [1.165, 1.54) is 32.1 Å². The molecule has 1 unspecified atom stereocenters. The molecule has 0 aromatic heterocycles. The fourth-order valence-electron chi connectivity index (χ4n) is 3.23. The zero-order valence-corrected chi connectivity index (χ0v) is 11.5. The van der Waals surface area contributed by atoms with Gasteiger partial charge < -0.3 is 5.11 Å². The second-order valence-electron chi connectivity index (χ2n) is 5.75. The van der Waals surface area contributed by atoms with Crippen molar-refractivity contribution < 1.29 is 9.90 Å². The van der Waals surface area contributed by atoms with E-state index in [0.29, 0.717) is 5.92 Å². The molecular formula is C15H28O2. The summed E-state index contributed by atoms with van der Waals surface area (Å²) in [5.41, 5.74) is -0.433. The number of unbranched alkanes of at least 4 members (excludes halogenated alkanes) is 1. The minimum absolute atomic E-state index is 0.433. The van der Waals surface area contributed by atoms with Crippen molar-refractivity contribution in [2.75, 3.05) is 0 Å². The smallest absolute Gasteiger partial charge is 0.309 e. The Kier molecular flexibility index (Phi) is 6.01. The first-order chi connectivity index (χ1) is 8.14. The van der Waals surface area contributed by atoms with E-state index < -0.39 is 11.4 Å². The molecule has 0 aliphatic heterocycles. The van der Waals surface area contributed by atoms with Gasteiger partial charge in [0.1, 0.15) is 0 Å². The van der Waals surface area contributed by atoms with E-state index in [1.54, 1.807) is 0 Å². The molecule has 2 heteroatoms. The zero-order chi connectivity index (χ0) is 12.7. The molecule has 1 N–H and O–H groups in total. The third-order valence-corrected chi connectivity index (χ3v) is 4.54. The van der Waals surface area contributed by atoms with Gasteiger partial charge in [0.2, 0.25) is 0 Å². The molecule has 100 valence electrons. The Labute approximate surface area is 106 Å². The lowest BCUT2D eigenvalue weighted by atomic mass is 9.70. The summed E-state index contributed by atoms with van der Waals surface area (Å²) in [5.74, 6) is 0.107. The lowest BCUT2D eigenvalue weighted by molar-refractivity contribution is -0.151. The number of carbonyl (C=O) groups is 1. The highest BCUT2D eigenvalue weighted by atomic mass is 16.4. The average molecular weight is 240 g/mol. The molecule has 2 nitrogen and oxygen atoms in total. The molecule has 17 heavy (non-hydrogen) atoms. The molecule has 1 saturated carbocycles. The molecule has 0 heterocycles. The number of hydrogen-bond acceptors (Lipinski definition) is 1. The highest BCUT2D eigenvalue weighted by Crippen LogP contribution is 2.40. The van der Waals surface area contributed by atoms with E-state index in [2.05, 4.69) is 6.92 Å². The molecule has 0 bridgehead atoms. The molecular weight excluding hydrogens is 212 g/mol. The molecule has 0 spiro atoms. The fourth-order valence-corrected chi connectivity index (χ4v) is 3.23. The Morgan fingerprint density at radius 1 is 1.24 bits per heavy atom. The van der Waals surface area contributed by atoms with Gasteiger partial charge in [0.25, 0.3) is 0 Å². The number of aliphatic carboxylic acids is 1. The Morgan fingerprint density at radius 3 is 2.35 bits per heavy atom. The first-order valence-corrected chi connectivity index (χ1v) is 7.38. The lowest BCUT2D eigenvalue weighted by Gasteiger charge is -2.34. The van der Waals surface area contributed by atoms with Crippen LogP contribution in [-0.2, 0) is 4.79 Å². The Balaban J connectivity index is 2.63. The summed E-state index contributed by atoms with van der Waals surface area (Å²) >= 11 is 0. The summed E-state index contributed by atoms with van der Waals surface area (Å²) in [6, 6.07) is 0. The molecule has 0 saturated heterocycles. The van der Waals surface area contributed by atoms with E-state index in [0.717, 1.165) is 32.1 Å². The van der Waals surface area contributed by atoms with Crippen LogP contribution in [0.1, 0.15) is 78.1 Å². The molecule has 1 aliphatic carbocycles. The number of carboxylic acids is 1. The summed E-state index contributed by atoms with van der Waals surface area (Å²) in [5, 5.41) is 9.58. The second-order valence-corrected chi connectivity index (χ2v) is 5.75. The molecule has 1 rings (SSSR count). The van der Waals surface area contributed by atoms with Crippen molar-refractivity contribution >= 4 is 5.97 Å². The van der Waals surface area contributed by atoms with E-state index >= 15 is 0 Å². The monoisotopic (exact) mass is 240 g/mol. The van der Waals surface area contributed by atoms with Gasteiger partial charge in [-0.3, -0.25) is 4.79 Å². The Hall–Kier alpha value is -0.530. The lowest BCUT2D eigenvalue weighted by Crippen LogP contribution is -2.33. The van der Waals surface area contributed by atoms with Gasteiger partial charge in [0.15, 0.2) is 0 Å². The van der Waals surface area contributed by atoms with Gasteiger partial charge in [-0.1, -0.05) is 58.8 Å². The fraction of sp³-hybridized carbons (Fsp3) is 0.933. The van der Waals surface area contributed by atoms with E-state index in [4.69, 9.17) is 0 Å². The van der Waals surface area contributed by atoms with Gasteiger partial charge in [-0.15, -0.1) is 0 Å². The molecule has 1 atom stereocenters. The molecule has 0 aromatic carbocycles. The second kappa shape index (κ2) is 7.03. The number of carboxylic acid groups (broad SMARTS) is 1. The van der Waals surface area contributed by atoms with Gasteiger partial charge in [0.05, 0.1) is 5.41 Å². The SMILES string of the molecule is CCCCC(CC)(CC1CCCCC1)C(=O)O. The van der Waals surface area contributed by atoms with Crippen LogP contribution in [0.4, 0.5) is 0 Å².